The molecule has 106 valence electrons. The molecule has 2 N–H and O–H groups in total. The second-order valence-corrected chi connectivity index (χ2v) is 6.44. The van der Waals surface area contributed by atoms with Crippen LogP contribution in [0.3, 0.4) is 0 Å². The highest BCUT2D eigenvalue weighted by Crippen LogP contribution is 2.25. The average Bonchev–Trinajstić information content (AvgIpc) is 2.40. The van der Waals surface area contributed by atoms with E-state index in [1.165, 1.54) is 4.31 Å². The van der Waals surface area contributed by atoms with E-state index < -0.39 is 10.0 Å². The van der Waals surface area contributed by atoms with Gasteiger partial charge in [-0.2, -0.15) is 0 Å². The fourth-order valence-electron chi connectivity index (χ4n) is 2.01. The predicted octanol–water partition coefficient (Wildman–Crippen LogP) is 2.79. The molecule has 2 aromatic rings. The van der Waals surface area contributed by atoms with Gasteiger partial charge < -0.3 is 5.73 Å². The first-order valence-electron chi connectivity index (χ1n) is 6.40. The van der Waals surface area contributed by atoms with E-state index in [-0.39, 0.29) is 4.90 Å². The van der Waals surface area contributed by atoms with Gasteiger partial charge in [-0.15, -0.1) is 0 Å². The standard InChI is InChI=1S/C15H18N2O2S/c1-3-17(14-6-4-5-13(16)11-14)20(18,19)15-9-7-12(2)8-10-15/h4-11H,3,16H2,1-2H3. The minimum atomic E-state index is -3.56. The molecule has 0 atom stereocenters. The Bertz CT molecular complexity index is 694. The lowest BCUT2D eigenvalue weighted by molar-refractivity contribution is 0.592. The van der Waals surface area contributed by atoms with Crippen molar-refractivity contribution in [2.75, 3.05) is 16.6 Å². The molecule has 0 aromatic heterocycles. The van der Waals surface area contributed by atoms with Crippen LogP contribution in [0.15, 0.2) is 53.4 Å². The van der Waals surface area contributed by atoms with Crippen molar-refractivity contribution in [3.05, 3.63) is 54.1 Å². The maximum atomic E-state index is 12.7. The molecule has 0 fully saturated rings. The van der Waals surface area contributed by atoms with Crippen LogP contribution in [-0.2, 0) is 10.0 Å². The molecule has 2 rings (SSSR count). The second-order valence-electron chi connectivity index (χ2n) is 4.58. The van der Waals surface area contributed by atoms with Crippen LogP contribution in [0.5, 0.6) is 0 Å². The number of hydrogen-bond acceptors (Lipinski definition) is 3. The molecule has 0 aliphatic heterocycles. The Morgan fingerprint density at radius 1 is 1.10 bits per heavy atom. The number of anilines is 2. The molecule has 0 heterocycles. The van der Waals surface area contributed by atoms with Gasteiger partial charge in [-0.3, -0.25) is 4.31 Å². The smallest absolute Gasteiger partial charge is 0.264 e. The summed E-state index contributed by atoms with van der Waals surface area (Å²) in [5.74, 6) is 0. The maximum absolute atomic E-state index is 12.7. The van der Waals surface area contributed by atoms with Gasteiger partial charge in [-0.25, -0.2) is 8.42 Å². The zero-order chi connectivity index (χ0) is 14.8. The monoisotopic (exact) mass is 290 g/mol. The molecule has 0 saturated heterocycles. The van der Waals surface area contributed by atoms with Crippen LogP contribution in [0.2, 0.25) is 0 Å². The van der Waals surface area contributed by atoms with Gasteiger partial charge in [0, 0.05) is 12.2 Å². The van der Waals surface area contributed by atoms with Gasteiger partial charge in [-0.1, -0.05) is 23.8 Å². The molecular weight excluding hydrogens is 272 g/mol. The van der Waals surface area contributed by atoms with Gasteiger partial charge in [0.15, 0.2) is 0 Å². The summed E-state index contributed by atoms with van der Waals surface area (Å²) < 4.78 is 26.7. The van der Waals surface area contributed by atoms with Gasteiger partial charge in [0.05, 0.1) is 10.6 Å². The highest BCUT2D eigenvalue weighted by Gasteiger charge is 2.23. The first-order chi connectivity index (χ1) is 9.45. The molecule has 5 heteroatoms. The van der Waals surface area contributed by atoms with Crippen molar-refractivity contribution in [2.45, 2.75) is 18.7 Å². The number of nitrogens with zero attached hydrogens (tertiary/aromatic N) is 1. The summed E-state index contributed by atoms with van der Waals surface area (Å²) in [5.41, 5.74) is 7.87. The Morgan fingerprint density at radius 2 is 1.75 bits per heavy atom. The van der Waals surface area contributed by atoms with Crippen molar-refractivity contribution >= 4 is 21.4 Å². The Labute approximate surface area is 119 Å². The normalized spacial score (nSPS) is 11.3. The van der Waals surface area contributed by atoms with Gasteiger partial charge in [-0.05, 0) is 44.2 Å². The van der Waals surface area contributed by atoms with E-state index in [9.17, 15) is 8.42 Å². The van der Waals surface area contributed by atoms with E-state index in [1.54, 1.807) is 55.5 Å². The summed E-state index contributed by atoms with van der Waals surface area (Å²) in [6.45, 7) is 4.07. The van der Waals surface area contributed by atoms with Gasteiger partial charge in [0.1, 0.15) is 0 Å². The Balaban J connectivity index is 2.47. The van der Waals surface area contributed by atoms with Crippen LogP contribution < -0.4 is 10.0 Å². The predicted molar refractivity (Wildman–Crippen MR) is 82.2 cm³/mol. The fourth-order valence-corrected chi connectivity index (χ4v) is 3.47. The minimum Gasteiger partial charge on any atom is -0.399 e. The van der Waals surface area contributed by atoms with E-state index in [0.717, 1.165) is 5.56 Å². The highest BCUT2D eigenvalue weighted by molar-refractivity contribution is 7.92. The fraction of sp³-hybridized carbons (Fsp3) is 0.200. The lowest BCUT2D eigenvalue weighted by atomic mass is 10.2. The third-order valence-corrected chi connectivity index (χ3v) is 4.97. The third kappa shape index (κ3) is 2.77. The average molecular weight is 290 g/mol. The van der Waals surface area contributed by atoms with E-state index in [0.29, 0.717) is 17.9 Å². The molecule has 0 radical (unpaired) electrons. The molecule has 20 heavy (non-hydrogen) atoms. The summed E-state index contributed by atoms with van der Waals surface area (Å²) in [6.07, 6.45) is 0. The van der Waals surface area contributed by atoms with Crippen molar-refractivity contribution in [1.82, 2.24) is 0 Å². The largest absolute Gasteiger partial charge is 0.399 e. The number of hydrogen-bond donors (Lipinski definition) is 1. The van der Waals surface area contributed by atoms with Crippen molar-refractivity contribution in [3.63, 3.8) is 0 Å². The summed E-state index contributed by atoms with van der Waals surface area (Å²) in [6, 6.07) is 13.7. The molecule has 4 nitrogen and oxygen atoms in total. The molecule has 0 aliphatic carbocycles. The zero-order valence-electron chi connectivity index (χ0n) is 11.6. The number of sulfonamides is 1. The SMILES string of the molecule is CCN(c1cccc(N)c1)S(=O)(=O)c1ccc(C)cc1. The molecule has 0 aliphatic rings. The van der Waals surface area contributed by atoms with Crippen molar-refractivity contribution < 1.29 is 8.42 Å². The summed E-state index contributed by atoms with van der Waals surface area (Å²) in [7, 11) is -3.56. The minimum absolute atomic E-state index is 0.285. The van der Waals surface area contributed by atoms with Gasteiger partial charge in [0.2, 0.25) is 0 Å². The van der Waals surface area contributed by atoms with Crippen molar-refractivity contribution in [1.29, 1.82) is 0 Å². The molecule has 0 spiro atoms. The quantitative estimate of drug-likeness (QED) is 0.881. The number of benzene rings is 2. The number of aryl methyl sites for hydroxylation is 1. The lowest BCUT2D eigenvalue weighted by Gasteiger charge is -2.23. The number of nitrogens with two attached hydrogens (primary N) is 1. The van der Waals surface area contributed by atoms with E-state index in [1.807, 2.05) is 6.92 Å². The van der Waals surface area contributed by atoms with E-state index >= 15 is 0 Å². The molecular formula is C15H18N2O2S. The van der Waals surface area contributed by atoms with Gasteiger partial charge >= 0.3 is 0 Å². The first-order valence-corrected chi connectivity index (χ1v) is 7.84. The molecule has 0 saturated carbocycles. The summed E-state index contributed by atoms with van der Waals surface area (Å²) in [5, 5.41) is 0. The number of rotatable bonds is 4. The van der Waals surface area contributed by atoms with Crippen LogP contribution in [0.25, 0.3) is 0 Å². The molecule has 0 bridgehead atoms. The van der Waals surface area contributed by atoms with E-state index in [2.05, 4.69) is 0 Å². The summed E-state index contributed by atoms with van der Waals surface area (Å²) >= 11 is 0. The van der Waals surface area contributed by atoms with Crippen molar-refractivity contribution in [3.8, 4) is 0 Å². The van der Waals surface area contributed by atoms with Crippen LogP contribution in [0.4, 0.5) is 11.4 Å². The number of nitrogen functional groups attached to an aromatic ring is 1. The third-order valence-electron chi connectivity index (χ3n) is 3.05. The Morgan fingerprint density at radius 3 is 2.30 bits per heavy atom. The molecule has 2 aromatic carbocycles. The van der Waals surface area contributed by atoms with Crippen LogP contribution in [0, 0.1) is 6.92 Å². The Kier molecular flexibility index (Phi) is 3.99. The van der Waals surface area contributed by atoms with Crippen LogP contribution in [0.1, 0.15) is 12.5 Å². The second kappa shape index (κ2) is 5.54. The molecule has 0 amide bonds. The lowest BCUT2D eigenvalue weighted by Crippen LogP contribution is -2.30. The summed E-state index contributed by atoms with van der Waals surface area (Å²) in [4.78, 5) is 0.285. The first kappa shape index (κ1) is 14.4. The zero-order valence-corrected chi connectivity index (χ0v) is 12.4. The van der Waals surface area contributed by atoms with E-state index in [4.69, 9.17) is 5.73 Å². The maximum Gasteiger partial charge on any atom is 0.264 e. The van der Waals surface area contributed by atoms with Crippen molar-refractivity contribution in [2.24, 2.45) is 0 Å². The Hall–Kier alpha value is -2.01. The van der Waals surface area contributed by atoms with Crippen LogP contribution >= 0.6 is 0 Å². The van der Waals surface area contributed by atoms with Gasteiger partial charge in [0.25, 0.3) is 10.0 Å². The van der Waals surface area contributed by atoms with Crippen LogP contribution in [-0.4, -0.2) is 15.0 Å². The highest BCUT2D eigenvalue weighted by atomic mass is 32.2. The topological polar surface area (TPSA) is 63.4 Å². The molecule has 0 unspecified atom stereocenters.